The molecule has 0 aromatic carbocycles. The third kappa shape index (κ3) is 40.6. The van der Waals surface area contributed by atoms with Gasteiger partial charge in [0.2, 0.25) is 0 Å². The van der Waals surface area contributed by atoms with Crippen molar-refractivity contribution in [2.24, 2.45) is 5.92 Å². The summed E-state index contributed by atoms with van der Waals surface area (Å²) in [4.78, 5) is 52.5. The molecule has 0 saturated heterocycles. The van der Waals surface area contributed by atoms with Crippen LogP contribution in [0.15, 0.2) is 48.6 Å². The fraction of sp³-hybridized carbons (Fsp3) is 0.756. The van der Waals surface area contributed by atoms with Gasteiger partial charge in [-0.15, -0.1) is 0 Å². The minimum absolute atomic E-state index is 0.0868. The Bertz CT molecular complexity index is 1230. The summed E-state index contributed by atoms with van der Waals surface area (Å²) in [6.45, 7) is 3.83. The molecule has 0 fully saturated rings. The number of esters is 2. The lowest BCUT2D eigenvalue weighted by Gasteiger charge is -2.20. The first-order valence-electron chi connectivity index (χ1n) is 20.8. The molecule has 0 aliphatic rings. The quantitative estimate of drug-likeness (QED) is 0.0129. The van der Waals surface area contributed by atoms with Crippen LogP contribution in [-0.4, -0.2) is 81.6 Å². The van der Waals surface area contributed by atoms with Gasteiger partial charge in [-0.05, 0) is 50.9 Å². The van der Waals surface area contributed by atoms with E-state index in [1.54, 1.807) is 6.08 Å². The Morgan fingerprint density at radius 1 is 0.632 bits per heavy atom. The van der Waals surface area contributed by atoms with Crippen molar-refractivity contribution in [3.8, 4) is 0 Å². The summed E-state index contributed by atoms with van der Waals surface area (Å²) in [6, 6.07) is 0. The van der Waals surface area contributed by atoms with Crippen molar-refractivity contribution >= 4 is 27.6 Å². The lowest BCUT2D eigenvalue weighted by molar-refractivity contribution is -0.161. The van der Waals surface area contributed by atoms with Gasteiger partial charge in [-0.2, -0.15) is 0 Å². The first-order valence-corrected chi connectivity index (χ1v) is 23.8. The molecule has 4 atom stereocenters. The summed E-state index contributed by atoms with van der Waals surface area (Å²) in [5, 5.41) is 19.7. The smallest absolute Gasteiger partial charge is 0.462 e. The Kier molecular flexibility index (Phi) is 34.7. The second-order valence-electron chi connectivity index (χ2n) is 14.6. The molecule has 0 heterocycles. The highest BCUT2D eigenvalue weighted by Gasteiger charge is 2.28. The molecular weight excluding hydrogens is 778 g/mol. The van der Waals surface area contributed by atoms with Crippen LogP contribution in [0.5, 0.6) is 0 Å². The molecule has 57 heavy (non-hydrogen) atoms. The lowest BCUT2D eigenvalue weighted by atomic mass is 10.0. The van der Waals surface area contributed by atoms with Crippen molar-refractivity contribution in [3.05, 3.63) is 48.6 Å². The van der Waals surface area contributed by atoms with Gasteiger partial charge in [0.15, 0.2) is 6.10 Å². The van der Waals surface area contributed by atoms with E-state index in [1.165, 1.54) is 51.4 Å². The average molecular weight is 853 g/mol. The second-order valence-corrected chi connectivity index (χ2v) is 17.3. The first kappa shape index (κ1) is 55.0. The Morgan fingerprint density at radius 3 is 1.89 bits per heavy atom. The van der Waals surface area contributed by atoms with Crippen LogP contribution in [-0.2, 0) is 41.8 Å². The van der Waals surface area contributed by atoms with Crippen LogP contribution in [0.4, 0.5) is 0 Å². The number of carbonyl (C=O) groups is 2. The standard InChI is InChI=1S/C41H74O14P2/c1-4-5-6-7-18-23-28-37(42)29-24-19-14-11-12-15-20-25-30-40(44)51-34-39(35-54-57(49,50)53-33-38(43)32-52-56(46,47)48)55-41(45)31-26-21-16-10-8-9-13-17-22-27-36(2)3/h12,14-15,18-19,23-24,29,36-39,42-43H,4-11,13,16-17,20-22,25-28,30-35H2,1-3H3,(H,49,50)(H2,46,47,48)/b15-12-,19-14-,23-18-,29-24+/t37-,38+,39-/m1/s1. The number of aliphatic hydroxyl groups is 2. The van der Waals surface area contributed by atoms with Gasteiger partial charge >= 0.3 is 27.6 Å². The van der Waals surface area contributed by atoms with Crippen LogP contribution in [0, 0.1) is 5.92 Å². The maximum absolute atomic E-state index is 12.6. The zero-order valence-electron chi connectivity index (χ0n) is 34.7. The number of carbonyl (C=O) groups excluding carboxylic acids is 2. The zero-order valence-corrected chi connectivity index (χ0v) is 36.5. The van der Waals surface area contributed by atoms with Gasteiger partial charge in [-0.1, -0.05) is 140 Å². The van der Waals surface area contributed by atoms with Gasteiger partial charge in [-0.3, -0.25) is 23.2 Å². The van der Waals surface area contributed by atoms with Gasteiger partial charge in [0, 0.05) is 12.8 Å². The van der Waals surface area contributed by atoms with Gasteiger partial charge in [0.25, 0.3) is 0 Å². The van der Waals surface area contributed by atoms with Crippen LogP contribution in [0.1, 0.15) is 149 Å². The van der Waals surface area contributed by atoms with Crippen molar-refractivity contribution in [1.82, 2.24) is 0 Å². The van der Waals surface area contributed by atoms with Crippen LogP contribution in [0.2, 0.25) is 0 Å². The lowest BCUT2D eigenvalue weighted by Crippen LogP contribution is -2.30. The molecule has 0 aromatic rings. The molecule has 0 saturated carbocycles. The predicted molar refractivity (Wildman–Crippen MR) is 222 cm³/mol. The number of hydrogen-bond acceptors (Lipinski definition) is 11. The molecule has 16 heteroatoms. The third-order valence-electron chi connectivity index (χ3n) is 8.47. The number of phosphoric ester groups is 2. The van der Waals surface area contributed by atoms with Gasteiger partial charge in [0.1, 0.15) is 12.7 Å². The summed E-state index contributed by atoms with van der Waals surface area (Å²) in [6.07, 6.45) is 30.2. The molecule has 0 rings (SSSR count). The van der Waals surface area contributed by atoms with E-state index in [2.05, 4.69) is 35.9 Å². The molecule has 0 aromatic heterocycles. The SMILES string of the molecule is CCCCC/C=C\C[C@@H](O)/C=C/C=C\C/C=C\CCCC(=O)OC[C@H](COP(=O)(O)OC[C@@H](O)COP(=O)(O)O)OC(=O)CCCCCCCCCCCC(C)C. The largest absolute Gasteiger partial charge is 0.472 e. The fourth-order valence-corrected chi connectivity index (χ4v) is 6.41. The fourth-order valence-electron chi connectivity index (χ4n) is 5.26. The molecule has 0 bridgehead atoms. The molecule has 0 amide bonds. The second kappa shape index (κ2) is 35.9. The van der Waals surface area contributed by atoms with Crippen molar-refractivity contribution in [2.45, 2.75) is 167 Å². The molecule has 0 spiro atoms. The predicted octanol–water partition coefficient (Wildman–Crippen LogP) is 9.11. The third-order valence-corrected chi connectivity index (χ3v) is 9.91. The van der Waals surface area contributed by atoms with E-state index in [1.807, 2.05) is 36.5 Å². The molecule has 0 aliphatic carbocycles. The highest BCUT2D eigenvalue weighted by Crippen LogP contribution is 2.43. The summed E-state index contributed by atoms with van der Waals surface area (Å²) in [5.41, 5.74) is 0. The summed E-state index contributed by atoms with van der Waals surface area (Å²) >= 11 is 0. The van der Waals surface area contributed by atoms with E-state index in [9.17, 15) is 33.8 Å². The molecule has 0 radical (unpaired) electrons. The number of ether oxygens (including phenoxy) is 2. The van der Waals surface area contributed by atoms with Crippen LogP contribution in [0.3, 0.4) is 0 Å². The summed E-state index contributed by atoms with van der Waals surface area (Å²) in [7, 11) is -9.70. The van der Waals surface area contributed by atoms with Crippen molar-refractivity contribution in [3.63, 3.8) is 0 Å². The number of hydrogen-bond donors (Lipinski definition) is 5. The highest BCUT2D eigenvalue weighted by molar-refractivity contribution is 7.47. The molecular formula is C41H74O14P2. The van der Waals surface area contributed by atoms with Crippen LogP contribution >= 0.6 is 15.6 Å². The van der Waals surface area contributed by atoms with Crippen molar-refractivity contribution in [1.29, 1.82) is 0 Å². The van der Waals surface area contributed by atoms with Crippen molar-refractivity contribution < 1.29 is 66.7 Å². The minimum Gasteiger partial charge on any atom is -0.462 e. The Morgan fingerprint density at radius 2 is 1.23 bits per heavy atom. The molecule has 332 valence electrons. The normalized spacial score (nSPS) is 15.2. The summed E-state index contributed by atoms with van der Waals surface area (Å²) in [5.74, 6) is -0.394. The number of unbranched alkanes of at least 4 members (excludes halogenated alkanes) is 12. The van der Waals surface area contributed by atoms with E-state index in [0.29, 0.717) is 32.1 Å². The number of aliphatic hydroxyl groups excluding tert-OH is 2. The minimum atomic E-state index is -4.87. The van der Waals surface area contributed by atoms with E-state index in [4.69, 9.17) is 23.8 Å². The number of allylic oxidation sites excluding steroid dienone is 6. The van der Waals surface area contributed by atoms with Gasteiger partial charge in [-0.25, -0.2) is 9.13 Å². The van der Waals surface area contributed by atoms with E-state index in [0.717, 1.165) is 38.0 Å². The monoisotopic (exact) mass is 852 g/mol. The maximum atomic E-state index is 12.6. The topological polar surface area (TPSA) is 216 Å². The van der Waals surface area contributed by atoms with Crippen molar-refractivity contribution in [2.75, 3.05) is 26.4 Å². The Balaban J connectivity index is 4.69. The zero-order chi connectivity index (χ0) is 42.6. The molecule has 14 nitrogen and oxygen atoms in total. The maximum Gasteiger partial charge on any atom is 0.472 e. The molecule has 1 unspecified atom stereocenters. The van der Waals surface area contributed by atoms with Crippen LogP contribution in [0.25, 0.3) is 0 Å². The average Bonchev–Trinajstić information content (AvgIpc) is 3.15. The number of phosphoric acid groups is 2. The summed E-state index contributed by atoms with van der Waals surface area (Å²) < 4.78 is 47.6. The highest BCUT2D eigenvalue weighted by atomic mass is 31.2. The van der Waals surface area contributed by atoms with Crippen LogP contribution < -0.4 is 0 Å². The van der Waals surface area contributed by atoms with Gasteiger partial charge < -0.3 is 34.4 Å². The van der Waals surface area contributed by atoms with E-state index in [-0.39, 0.29) is 12.8 Å². The Labute approximate surface area is 342 Å². The van der Waals surface area contributed by atoms with E-state index < -0.39 is 72.3 Å². The first-order chi connectivity index (χ1) is 27.1. The van der Waals surface area contributed by atoms with E-state index >= 15 is 0 Å². The number of rotatable bonds is 38. The molecule has 5 N–H and O–H groups in total. The Hall–Kier alpha value is -1.96. The molecule has 0 aliphatic heterocycles. The van der Waals surface area contributed by atoms with Gasteiger partial charge in [0.05, 0.1) is 25.9 Å².